The molecule has 0 atom stereocenters. The van der Waals surface area contributed by atoms with E-state index in [1.54, 1.807) is 0 Å². The van der Waals surface area contributed by atoms with E-state index in [0.29, 0.717) is 0 Å². The maximum atomic E-state index is 4.78. The molecule has 2 heteroatoms. The van der Waals surface area contributed by atoms with Gasteiger partial charge in [-0.05, 0) is 11.4 Å². The van der Waals surface area contributed by atoms with Crippen molar-refractivity contribution in [1.82, 2.24) is 4.98 Å². The zero-order chi connectivity index (χ0) is 20.1. The molecule has 1 aliphatic rings. The molecule has 0 spiro atoms. The van der Waals surface area contributed by atoms with Gasteiger partial charge >= 0.3 is 0 Å². The van der Waals surface area contributed by atoms with Crippen molar-refractivity contribution in [3.8, 4) is 22.5 Å². The van der Waals surface area contributed by atoms with Crippen molar-refractivity contribution in [3.05, 3.63) is 84.3 Å². The summed E-state index contributed by atoms with van der Waals surface area (Å²) in [6, 6.07) is 25.6. The first-order valence-electron chi connectivity index (χ1n) is 10.2. The van der Waals surface area contributed by atoms with Crippen LogP contribution in [0.1, 0.15) is 52.7 Å². The molecule has 0 saturated heterocycles. The van der Waals surface area contributed by atoms with Gasteiger partial charge in [0.05, 0.1) is 0 Å². The van der Waals surface area contributed by atoms with Crippen molar-refractivity contribution in [3.63, 3.8) is 0 Å². The van der Waals surface area contributed by atoms with E-state index in [0.717, 1.165) is 35.4 Å². The van der Waals surface area contributed by atoms with Gasteiger partial charge < -0.3 is 11.4 Å². The van der Waals surface area contributed by atoms with Crippen molar-refractivity contribution >= 4 is 0 Å². The Kier molecular flexibility index (Phi) is 14.3. The molecule has 28 heavy (non-hydrogen) atoms. The van der Waals surface area contributed by atoms with E-state index in [1.165, 1.54) is 11.1 Å². The standard InChI is InChI=1S/C20H14N.3C2H6.Pt/c1-5-15-7-2-9-17(13-15)19-11-4-12-20(21-19)18-10-3-8-16(6-1)14-18;3*1-2;/h1-4,7-12H,5-6H2;3*1-2H3;/q-3;;;;. The molecule has 2 heterocycles. The summed E-state index contributed by atoms with van der Waals surface area (Å²) in [7, 11) is 0. The smallest absolute Gasteiger partial charge is 0 e. The van der Waals surface area contributed by atoms with Crippen LogP contribution in [-0.4, -0.2) is 4.98 Å². The van der Waals surface area contributed by atoms with Gasteiger partial charge in [0.15, 0.2) is 0 Å². The minimum Gasteiger partial charge on any atom is -0.345 e. The molecule has 0 amide bonds. The second-order valence-electron chi connectivity index (χ2n) is 5.28. The molecule has 1 nitrogen and oxygen atoms in total. The van der Waals surface area contributed by atoms with Crippen LogP contribution in [0.15, 0.2) is 54.6 Å². The van der Waals surface area contributed by atoms with E-state index in [4.69, 9.17) is 4.98 Å². The third-order valence-electron chi connectivity index (χ3n) is 3.74. The molecular weight excluding hydrogens is 521 g/mol. The summed E-state index contributed by atoms with van der Waals surface area (Å²) in [4.78, 5) is 4.78. The van der Waals surface area contributed by atoms with Crippen LogP contribution in [0, 0.1) is 18.6 Å². The number of hydrogen-bond acceptors (Lipinski definition) is 1. The Morgan fingerprint density at radius 3 is 1.46 bits per heavy atom. The Labute approximate surface area is 186 Å². The number of benzene rings is 2. The Morgan fingerprint density at radius 2 is 1.04 bits per heavy atom. The summed E-state index contributed by atoms with van der Waals surface area (Å²) in [5.74, 6) is 0. The van der Waals surface area contributed by atoms with E-state index in [-0.39, 0.29) is 21.1 Å². The fourth-order valence-corrected chi connectivity index (χ4v) is 2.69. The predicted molar refractivity (Wildman–Crippen MR) is 119 cm³/mol. The molecule has 1 aromatic heterocycles. The Bertz CT molecular complexity index is 733. The Balaban J connectivity index is 0.000000957. The molecule has 0 N–H and O–H groups in total. The molecule has 4 rings (SSSR count). The van der Waals surface area contributed by atoms with Gasteiger partial charge in [-0.3, -0.25) is 0 Å². The molecular formula is C26H32NPt-3. The quantitative estimate of drug-likeness (QED) is 0.265. The molecule has 0 fully saturated rings. The van der Waals surface area contributed by atoms with Crippen molar-refractivity contribution < 1.29 is 21.1 Å². The second-order valence-corrected chi connectivity index (χ2v) is 5.28. The van der Waals surface area contributed by atoms with E-state index in [2.05, 4.69) is 61.0 Å². The fourth-order valence-electron chi connectivity index (χ4n) is 2.69. The summed E-state index contributed by atoms with van der Waals surface area (Å²) in [5.41, 5.74) is 6.45. The summed E-state index contributed by atoms with van der Waals surface area (Å²) in [6.07, 6.45) is 4.13. The molecule has 6 bridgehead atoms. The van der Waals surface area contributed by atoms with Gasteiger partial charge in [-0.15, -0.1) is 59.7 Å². The minimum atomic E-state index is 0. The van der Waals surface area contributed by atoms with Crippen LogP contribution >= 0.6 is 0 Å². The average Bonchev–Trinajstić information content (AvgIpc) is 2.78. The maximum Gasteiger partial charge on any atom is 0 e. The van der Waals surface area contributed by atoms with Crippen LogP contribution in [-0.2, 0) is 33.9 Å². The fraction of sp³-hybridized carbons (Fsp3) is 0.308. The zero-order valence-electron chi connectivity index (χ0n) is 18.0. The number of aromatic nitrogens is 1. The van der Waals surface area contributed by atoms with Gasteiger partial charge in [-0.1, -0.05) is 59.7 Å². The third-order valence-corrected chi connectivity index (χ3v) is 3.74. The molecule has 0 radical (unpaired) electrons. The average molecular weight is 554 g/mol. The Morgan fingerprint density at radius 1 is 0.643 bits per heavy atom. The van der Waals surface area contributed by atoms with Crippen LogP contribution < -0.4 is 0 Å². The summed E-state index contributed by atoms with van der Waals surface area (Å²) in [5, 5.41) is 0. The number of hydrogen-bond donors (Lipinski definition) is 0. The van der Waals surface area contributed by atoms with Gasteiger partial charge in [-0.2, -0.15) is 24.0 Å². The van der Waals surface area contributed by atoms with Crippen LogP contribution in [0.2, 0.25) is 0 Å². The van der Waals surface area contributed by atoms with E-state index in [9.17, 15) is 0 Å². The normalized spacial score (nSPS) is 10.5. The van der Waals surface area contributed by atoms with Crippen LogP contribution in [0.4, 0.5) is 0 Å². The first kappa shape index (κ1) is 26.3. The molecule has 2 aromatic carbocycles. The Hall–Kier alpha value is -1.72. The second kappa shape index (κ2) is 15.2. The van der Waals surface area contributed by atoms with E-state index >= 15 is 0 Å². The topological polar surface area (TPSA) is 12.9 Å². The number of nitrogens with zero attached hydrogens (tertiary/aromatic N) is 1. The zero-order valence-corrected chi connectivity index (χ0v) is 20.2. The van der Waals surface area contributed by atoms with Crippen LogP contribution in [0.25, 0.3) is 22.5 Å². The molecule has 0 aliphatic carbocycles. The molecule has 0 saturated carbocycles. The first-order valence-corrected chi connectivity index (χ1v) is 10.2. The molecule has 3 aromatic rings. The van der Waals surface area contributed by atoms with Crippen molar-refractivity contribution in [2.75, 3.05) is 0 Å². The van der Waals surface area contributed by atoms with Crippen molar-refractivity contribution in [2.45, 2.75) is 54.4 Å². The third kappa shape index (κ3) is 7.36. The largest absolute Gasteiger partial charge is 0.345 e. The summed E-state index contributed by atoms with van der Waals surface area (Å²) in [6.45, 7) is 12.0. The van der Waals surface area contributed by atoms with Gasteiger partial charge in [0.25, 0.3) is 0 Å². The summed E-state index contributed by atoms with van der Waals surface area (Å²) >= 11 is 0. The predicted octanol–water partition coefficient (Wildman–Crippen LogP) is 7.39. The van der Waals surface area contributed by atoms with Gasteiger partial charge in [0, 0.05) is 21.1 Å². The first-order chi connectivity index (χ1) is 13.4. The van der Waals surface area contributed by atoms with Crippen molar-refractivity contribution in [2.24, 2.45) is 0 Å². The molecule has 1 aliphatic heterocycles. The van der Waals surface area contributed by atoms with E-state index < -0.39 is 0 Å². The number of fused-ring (bicyclic) bond motifs is 8. The van der Waals surface area contributed by atoms with Crippen LogP contribution in [0.3, 0.4) is 0 Å². The maximum absolute atomic E-state index is 4.78. The van der Waals surface area contributed by atoms with Crippen LogP contribution in [0.5, 0.6) is 0 Å². The van der Waals surface area contributed by atoms with Gasteiger partial charge in [0.2, 0.25) is 0 Å². The molecule has 0 unspecified atom stereocenters. The minimum absolute atomic E-state index is 0. The van der Waals surface area contributed by atoms with Gasteiger partial charge in [-0.25, -0.2) is 0 Å². The van der Waals surface area contributed by atoms with E-state index in [1.807, 2.05) is 53.7 Å². The number of pyridine rings is 1. The monoisotopic (exact) mass is 553 g/mol. The SMILES string of the molecule is CC.CC.CC.[Pt].[c-]1c2cccc1-c1cccc(n1)-c1[c-]c(ccc1)C[CH-]C2. The molecule has 154 valence electrons. The number of rotatable bonds is 0. The summed E-state index contributed by atoms with van der Waals surface area (Å²) < 4.78 is 0. The van der Waals surface area contributed by atoms with Crippen molar-refractivity contribution in [1.29, 1.82) is 0 Å². The van der Waals surface area contributed by atoms with Gasteiger partial charge in [0.1, 0.15) is 0 Å².